The highest BCUT2D eigenvalue weighted by molar-refractivity contribution is 5.68. The van der Waals surface area contributed by atoms with E-state index in [1.807, 2.05) is 33.8 Å². The number of rotatable bonds is 6. The Kier molecular flexibility index (Phi) is 6.16. The van der Waals surface area contributed by atoms with E-state index in [4.69, 9.17) is 14.2 Å². The van der Waals surface area contributed by atoms with Gasteiger partial charge in [-0.1, -0.05) is 5.16 Å². The summed E-state index contributed by atoms with van der Waals surface area (Å²) in [6, 6.07) is 2.29. The molecule has 1 amide bonds. The van der Waals surface area contributed by atoms with Crippen LogP contribution in [-0.4, -0.2) is 38.9 Å². The molecule has 0 aromatic carbocycles. The van der Waals surface area contributed by atoms with Gasteiger partial charge in [0.1, 0.15) is 11.3 Å². The number of hydrogen-bond acceptors (Lipinski definition) is 7. The Bertz CT molecular complexity index is 908. The molecule has 0 atom stereocenters. The summed E-state index contributed by atoms with van der Waals surface area (Å²) in [5.74, 6) is 2.12. The number of nitrogens with zero attached hydrogens (tertiary/aromatic N) is 3. The molecule has 168 valence electrons. The molecule has 0 aliphatic heterocycles. The predicted octanol–water partition coefficient (Wildman–Crippen LogP) is 4.64. The first-order valence-corrected chi connectivity index (χ1v) is 11.3. The van der Waals surface area contributed by atoms with E-state index in [0.29, 0.717) is 5.95 Å². The summed E-state index contributed by atoms with van der Waals surface area (Å²) in [5, 5.41) is 10.6. The van der Waals surface area contributed by atoms with Gasteiger partial charge in [-0.15, -0.1) is 0 Å². The molecular formula is C23H33N5O3. The Morgan fingerprint density at radius 1 is 1.16 bits per heavy atom. The molecule has 2 aliphatic carbocycles. The highest BCUT2D eigenvalue weighted by atomic mass is 16.6. The molecule has 2 saturated carbocycles. The molecular weight excluding hydrogens is 394 g/mol. The van der Waals surface area contributed by atoms with Crippen molar-refractivity contribution in [2.75, 3.05) is 5.32 Å². The van der Waals surface area contributed by atoms with Crippen molar-refractivity contribution in [2.45, 2.75) is 90.3 Å². The number of anilines is 1. The van der Waals surface area contributed by atoms with Crippen molar-refractivity contribution in [3.05, 3.63) is 23.5 Å². The first kappa shape index (κ1) is 21.6. The normalized spacial score (nSPS) is 21.5. The van der Waals surface area contributed by atoms with Crippen LogP contribution in [0.4, 0.5) is 10.7 Å². The molecule has 31 heavy (non-hydrogen) atoms. The summed E-state index contributed by atoms with van der Waals surface area (Å²) in [5.41, 5.74) is 2.41. The zero-order valence-corrected chi connectivity index (χ0v) is 18.9. The molecule has 2 aromatic rings. The monoisotopic (exact) mass is 427 g/mol. The third kappa shape index (κ3) is 5.95. The highest BCUT2D eigenvalue weighted by Gasteiger charge is 2.28. The van der Waals surface area contributed by atoms with Crippen molar-refractivity contribution >= 4 is 12.0 Å². The van der Waals surface area contributed by atoms with Gasteiger partial charge in [-0.2, -0.15) is 0 Å². The van der Waals surface area contributed by atoms with Gasteiger partial charge in [0.2, 0.25) is 5.95 Å². The van der Waals surface area contributed by atoms with Crippen molar-refractivity contribution in [3.8, 4) is 11.5 Å². The number of carbonyl (C=O) groups is 1. The molecule has 0 bridgehead atoms. The molecule has 0 unspecified atom stereocenters. The minimum absolute atomic E-state index is 0.141. The molecule has 4 rings (SSSR count). The first-order chi connectivity index (χ1) is 14.8. The topological polar surface area (TPSA) is 102 Å². The molecule has 2 N–H and O–H groups in total. The Hall–Kier alpha value is -2.64. The zero-order chi connectivity index (χ0) is 22.0. The Morgan fingerprint density at radius 3 is 2.55 bits per heavy atom. The van der Waals surface area contributed by atoms with Crippen LogP contribution in [-0.2, 0) is 11.2 Å². The van der Waals surface area contributed by atoms with E-state index in [-0.39, 0.29) is 18.2 Å². The van der Waals surface area contributed by atoms with Gasteiger partial charge < -0.3 is 19.9 Å². The molecule has 0 saturated heterocycles. The van der Waals surface area contributed by atoms with Crippen molar-refractivity contribution < 1.29 is 14.1 Å². The van der Waals surface area contributed by atoms with E-state index >= 15 is 0 Å². The van der Waals surface area contributed by atoms with Crippen molar-refractivity contribution in [3.63, 3.8) is 0 Å². The molecule has 0 spiro atoms. The lowest BCUT2D eigenvalue weighted by Gasteiger charge is -2.30. The maximum Gasteiger partial charge on any atom is 0.407 e. The second-order valence-electron chi connectivity index (χ2n) is 9.83. The van der Waals surface area contributed by atoms with Crippen LogP contribution >= 0.6 is 0 Å². The SMILES string of the molecule is Cc1noc(-c2ccnc(NC3CCC(NC(=O)OC(C)(C)C)CC3)n2)c1CC1CC1. The lowest BCUT2D eigenvalue weighted by Crippen LogP contribution is -2.42. The van der Waals surface area contributed by atoms with Gasteiger partial charge in [-0.3, -0.25) is 0 Å². The van der Waals surface area contributed by atoms with Crippen LogP contribution in [0.15, 0.2) is 16.8 Å². The quantitative estimate of drug-likeness (QED) is 0.692. The summed E-state index contributed by atoms with van der Waals surface area (Å²) >= 11 is 0. The van der Waals surface area contributed by atoms with E-state index in [2.05, 4.69) is 20.8 Å². The average molecular weight is 428 g/mol. The van der Waals surface area contributed by atoms with Gasteiger partial charge in [-0.05, 0) is 84.6 Å². The second-order valence-corrected chi connectivity index (χ2v) is 9.83. The minimum atomic E-state index is -0.480. The van der Waals surface area contributed by atoms with Gasteiger partial charge in [0, 0.05) is 23.8 Å². The van der Waals surface area contributed by atoms with Crippen LogP contribution in [0.1, 0.15) is 70.6 Å². The van der Waals surface area contributed by atoms with Gasteiger partial charge >= 0.3 is 6.09 Å². The Labute approximate surface area is 183 Å². The summed E-state index contributed by atoms with van der Waals surface area (Å²) in [6.45, 7) is 7.61. The molecule has 2 aromatic heterocycles. The molecule has 8 nitrogen and oxygen atoms in total. The number of nitrogens with one attached hydrogen (secondary N) is 2. The average Bonchev–Trinajstić information content (AvgIpc) is 3.44. The van der Waals surface area contributed by atoms with Crippen LogP contribution in [0.2, 0.25) is 0 Å². The fourth-order valence-electron chi connectivity index (χ4n) is 4.03. The van der Waals surface area contributed by atoms with Crippen LogP contribution in [0.25, 0.3) is 11.5 Å². The molecule has 0 radical (unpaired) electrons. The Morgan fingerprint density at radius 2 is 1.87 bits per heavy atom. The molecule has 2 fully saturated rings. The van der Waals surface area contributed by atoms with Crippen LogP contribution in [0.3, 0.4) is 0 Å². The third-order valence-electron chi connectivity index (χ3n) is 5.84. The van der Waals surface area contributed by atoms with Crippen molar-refractivity contribution in [2.24, 2.45) is 5.92 Å². The predicted molar refractivity (Wildman–Crippen MR) is 118 cm³/mol. The summed E-state index contributed by atoms with van der Waals surface area (Å²) < 4.78 is 11.0. The first-order valence-electron chi connectivity index (χ1n) is 11.3. The van der Waals surface area contributed by atoms with E-state index in [1.54, 1.807) is 6.20 Å². The largest absolute Gasteiger partial charge is 0.444 e. The number of alkyl carbamates (subject to hydrolysis) is 1. The third-order valence-corrected chi connectivity index (χ3v) is 5.84. The fourth-order valence-corrected chi connectivity index (χ4v) is 4.03. The fraction of sp³-hybridized carbons (Fsp3) is 0.652. The number of hydrogen-bond donors (Lipinski definition) is 2. The number of aryl methyl sites for hydroxylation is 1. The summed E-state index contributed by atoms with van der Waals surface area (Å²) in [6.07, 6.45) is 8.64. The number of aromatic nitrogens is 3. The van der Waals surface area contributed by atoms with Crippen LogP contribution in [0, 0.1) is 12.8 Å². The Balaban J connectivity index is 1.33. The van der Waals surface area contributed by atoms with Crippen molar-refractivity contribution in [1.82, 2.24) is 20.4 Å². The molecule has 2 aliphatic rings. The van der Waals surface area contributed by atoms with E-state index in [1.165, 1.54) is 18.4 Å². The van der Waals surface area contributed by atoms with Gasteiger partial charge in [0.05, 0.1) is 5.69 Å². The standard InChI is InChI=1S/C23H33N5O3/c1-14-18(13-15-5-6-15)20(31-28-14)19-11-12-24-21(27-19)25-16-7-9-17(10-8-16)26-22(29)30-23(2,3)4/h11-12,15-17H,5-10,13H2,1-4H3,(H,26,29)(H,24,25,27). The van der Waals surface area contributed by atoms with E-state index in [9.17, 15) is 4.79 Å². The zero-order valence-electron chi connectivity index (χ0n) is 18.9. The highest BCUT2D eigenvalue weighted by Crippen LogP contribution is 2.36. The lowest BCUT2D eigenvalue weighted by atomic mass is 9.91. The smallest absolute Gasteiger partial charge is 0.407 e. The maximum absolute atomic E-state index is 12.0. The van der Waals surface area contributed by atoms with E-state index < -0.39 is 5.60 Å². The maximum atomic E-state index is 12.0. The van der Waals surface area contributed by atoms with Gasteiger partial charge in [0.25, 0.3) is 0 Å². The minimum Gasteiger partial charge on any atom is -0.444 e. The molecule has 8 heteroatoms. The summed E-state index contributed by atoms with van der Waals surface area (Å²) in [7, 11) is 0. The van der Waals surface area contributed by atoms with E-state index in [0.717, 1.165) is 55.2 Å². The van der Waals surface area contributed by atoms with Crippen LogP contribution < -0.4 is 10.6 Å². The van der Waals surface area contributed by atoms with Crippen molar-refractivity contribution in [1.29, 1.82) is 0 Å². The number of ether oxygens (including phenoxy) is 1. The van der Waals surface area contributed by atoms with Gasteiger partial charge in [-0.25, -0.2) is 14.8 Å². The lowest BCUT2D eigenvalue weighted by molar-refractivity contribution is 0.0492. The number of carbonyl (C=O) groups excluding carboxylic acids is 1. The van der Waals surface area contributed by atoms with Gasteiger partial charge in [0.15, 0.2) is 5.76 Å². The molecule has 2 heterocycles. The second kappa shape index (κ2) is 8.85. The van der Waals surface area contributed by atoms with Crippen LogP contribution in [0.5, 0.6) is 0 Å². The summed E-state index contributed by atoms with van der Waals surface area (Å²) in [4.78, 5) is 21.1. The number of amides is 1.